The van der Waals surface area contributed by atoms with Crippen LogP contribution in [0.3, 0.4) is 0 Å². The molecule has 0 saturated heterocycles. The maximum Gasteiger partial charge on any atom is 0.232 e. The fourth-order valence-corrected chi connectivity index (χ4v) is 3.77. The lowest BCUT2D eigenvalue weighted by molar-refractivity contribution is -0.123. The number of aliphatic hydroxyl groups excluding tert-OH is 1. The van der Waals surface area contributed by atoms with Crippen LogP contribution in [-0.2, 0) is 4.79 Å². The number of hydrogen-bond acceptors (Lipinski definition) is 3. The van der Waals surface area contributed by atoms with Gasteiger partial charge >= 0.3 is 0 Å². The summed E-state index contributed by atoms with van der Waals surface area (Å²) >= 11 is 0. The number of ether oxygens (including phenoxy) is 1. The Balaban J connectivity index is 1.65. The van der Waals surface area contributed by atoms with E-state index < -0.39 is 0 Å². The van der Waals surface area contributed by atoms with Gasteiger partial charge in [-0.2, -0.15) is 0 Å². The Kier molecular flexibility index (Phi) is 3.98. The highest BCUT2D eigenvalue weighted by Crippen LogP contribution is 2.44. The smallest absolute Gasteiger partial charge is 0.232 e. The Morgan fingerprint density at radius 3 is 2.25 bits per heavy atom. The number of nitrogens with one attached hydrogen (secondary N) is 1. The van der Waals surface area contributed by atoms with Crippen molar-refractivity contribution in [3.8, 4) is 11.5 Å². The average Bonchev–Trinajstić information content (AvgIpc) is 2.59. The number of amides is 1. The zero-order chi connectivity index (χ0) is 16.5. The zero-order valence-electron chi connectivity index (χ0n) is 13.4. The van der Waals surface area contributed by atoms with Gasteiger partial charge in [-0.3, -0.25) is 4.79 Å². The molecule has 2 N–H and O–H groups in total. The van der Waals surface area contributed by atoms with Crippen molar-refractivity contribution in [3.05, 3.63) is 59.7 Å². The first kappa shape index (κ1) is 15.2. The third-order valence-corrected chi connectivity index (χ3v) is 4.94. The third kappa shape index (κ3) is 2.78. The van der Waals surface area contributed by atoms with Crippen molar-refractivity contribution < 1.29 is 14.6 Å². The number of fused-ring (bicyclic) bond motifs is 2. The molecule has 2 aromatic rings. The number of carbonyl (C=O) groups is 1. The Morgan fingerprint density at radius 2 is 1.62 bits per heavy atom. The Hall–Kier alpha value is -2.33. The lowest BCUT2D eigenvalue weighted by Gasteiger charge is -2.31. The van der Waals surface area contributed by atoms with Crippen molar-refractivity contribution in [2.45, 2.75) is 43.7 Å². The summed E-state index contributed by atoms with van der Waals surface area (Å²) in [6, 6.07) is 15.4. The second kappa shape index (κ2) is 6.29. The van der Waals surface area contributed by atoms with Crippen LogP contribution in [0.5, 0.6) is 11.5 Å². The summed E-state index contributed by atoms with van der Waals surface area (Å²) in [6.45, 7) is 0. The minimum absolute atomic E-state index is 0.0164. The van der Waals surface area contributed by atoms with Crippen LogP contribution in [0.4, 0.5) is 0 Å². The molecule has 4 nitrogen and oxygen atoms in total. The van der Waals surface area contributed by atoms with Crippen molar-refractivity contribution >= 4 is 5.91 Å². The van der Waals surface area contributed by atoms with E-state index in [2.05, 4.69) is 5.32 Å². The van der Waals surface area contributed by atoms with E-state index in [9.17, 15) is 9.90 Å². The Bertz CT molecular complexity index is 713. The molecule has 1 saturated carbocycles. The van der Waals surface area contributed by atoms with Crippen molar-refractivity contribution in [2.24, 2.45) is 0 Å². The highest BCUT2D eigenvalue weighted by atomic mass is 16.5. The largest absolute Gasteiger partial charge is 0.457 e. The van der Waals surface area contributed by atoms with E-state index in [4.69, 9.17) is 4.74 Å². The van der Waals surface area contributed by atoms with Crippen LogP contribution in [0, 0.1) is 0 Å². The van der Waals surface area contributed by atoms with Gasteiger partial charge in [0.15, 0.2) is 0 Å². The number of rotatable bonds is 2. The van der Waals surface area contributed by atoms with E-state index in [-0.39, 0.29) is 24.0 Å². The molecule has 2 aliphatic rings. The van der Waals surface area contributed by atoms with Gasteiger partial charge in [-0.15, -0.1) is 0 Å². The van der Waals surface area contributed by atoms with E-state index in [1.165, 1.54) is 0 Å². The van der Waals surface area contributed by atoms with Gasteiger partial charge in [-0.1, -0.05) is 36.4 Å². The molecule has 1 heterocycles. The number of carbonyl (C=O) groups excluding carboxylic acids is 1. The van der Waals surface area contributed by atoms with Crippen LogP contribution in [0.25, 0.3) is 0 Å². The topological polar surface area (TPSA) is 58.6 Å². The minimum Gasteiger partial charge on any atom is -0.457 e. The number of para-hydroxylation sites is 2. The highest BCUT2D eigenvalue weighted by molar-refractivity contribution is 5.89. The molecule has 1 aliphatic carbocycles. The molecule has 4 heteroatoms. The summed E-state index contributed by atoms with van der Waals surface area (Å²) in [6.07, 6.45) is 3.04. The molecular formula is C20H21NO3. The van der Waals surface area contributed by atoms with Crippen molar-refractivity contribution in [2.75, 3.05) is 0 Å². The molecule has 1 amide bonds. The van der Waals surface area contributed by atoms with Gasteiger partial charge in [0, 0.05) is 17.2 Å². The molecule has 24 heavy (non-hydrogen) atoms. The van der Waals surface area contributed by atoms with Crippen LogP contribution in [0.2, 0.25) is 0 Å². The zero-order valence-corrected chi connectivity index (χ0v) is 13.4. The molecule has 1 fully saturated rings. The first-order valence-electron chi connectivity index (χ1n) is 8.56. The predicted octanol–water partition coefficient (Wildman–Crippen LogP) is 3.34. The van der Waals surface area contributed by atoms with Gasteiger partial charge in [-0.05, 0) is 37.8 Å². The summed E-state index contributed by atoms with van der Waals surface area (Å²) in [5, 5.41) is 13.0. The van der Waals surface area contributed by atoms with E-state index in [1.54, 1.807) is 0 Å². The predicted molar refractivity (Wildman–Crippen MR) is 91.2 cm³/mol. The molecule has 0 aromatic heterocycles. The van der Waals surface area contributed by atoms with Crippen LogP contribution in [0.15, 0.2) is 48.5 Å². The number of hydrogen-bond donors (Lipinski definition) is 2. The lowest BCUT2D eigenvalue weighted by atomic mass is 9.86. The van der Waals surface area contributed by atoms with Gasteiger partial charge in [0.1, 0.15) is 11.5 Å². The molecule has 2 atom stereocenters. The van der Waals surface area contributed by atoms with Crippen LogP contribution in [0.1, 0.15) is 42.7 Å². The normalized spacial score (nSPS) is 22.9. The van der Waals surface area contributed by atoms with Crippen molar-refractivity contribution in [1.82, 2.24) is 5.32 Å². The molecular weight excluding hydrogens is 302 g/mol. The second-order valence-corrected chi connectivity index (χ2v) is 6.64. The molecule has 4 rings (SSSR count). The number of aliphatic hydroxyl groups is 1. The molecule has 0 radical (unpaired) electrons. The fourth-order valence-electron chi connectivity index (χ4n) is 3.77. The monoisotopic (exact) mass is 323 g/mol. The first-order chi connectivity index (χ1) is 11.7. The van der Waals surface area contributed by atoms with Gasteiger partial charge in [0.2, 0.25) is 5.91 Å². The van der Waals surface area contributed by atoms with Crippen LogP contribution < -0.4 is 10.1 Å². The summed E-state index contributed by atoms with van der Waals surface area (Å²) in [5.41, 5.74) is 1.79. The SMILES string of the molecule is O=C(N[C@H]1CCC[C@H](O)C1)C1c2ccccc2Oc2ccccc21. The highest BCUT2D eigenvalue weighted by Gasteiger charge is 2.34. The van der Waals surface area contributed by atoms with Gasteiger partial charge in [-0.25, -0.2) is 0 Å². The molecule has 0 unspecified atom stereocenters. The maximum absolute atomic E-state index is 13.1. The minimum atomic E-state index is -0.370. The van der Waals surface area contributed by atoms with Gasteiger partial charge in [0.25, 0.3) is 0 Å². The molecule has 124 valence electrons. The first-order valence-corrected chi connectivity index (χ1v) is 8.56. The average molecular weight is 323 g/mol. The summed E-state index contributed by atoms with van der Waals surface area (Å²) in [7, 11) is 0. The second-order valence-electron chi connectivity index (χ2n) is 6.64. The Labute approximate surface area is 141 Å². The van der Waals surface area contributed by atoms with E-state index >= 15 is 0 Å². The quantitative estimate of drug-likeness (QED) is 0.891. The Morgan fingerprint density at radius 1 is 1.00 bits per heavy atom. The third-order valence-electron chi connectivity index (χ3n) is 4.94. The molecule has 0 bridgehead atoms. The summed E-state index contributed by atoms with van der Waals surface area (Å²) < 4.78 is 5.94. The van der Waals surface area contributed by atoms with Crippen molar-refractivity contribution in [3.63, 3.8) is 0 Å². The van der Waals surface area contributed by atoms with E-state index in [1.807, 2.05) is 48.5 Å². The van der Waals surface area contributed by atoms with Gasteiger partial charge in [0.05, 0.1) is 12.0 Å². The molecule has 0 spiro atoms. The molecule has 1 aliphatic heterocycles. The van der Waals surface area contributed by atoms with E-state index in [0.29, 0.717) is 6.42 Å². The standard InChI is InChI=1S/C20H21NO3/c22-14-7-5-6-13(12-14)21-20(23)19-15-8-1-3-10-17(15)24-18-11-4-2-9-16(18)19/h1-4,8-11,13-14,19,22H,5-7,12H2,(H,21,23)/t13-,14-/m0/s1. The van der Waals surface area contributed by atoms with E-state index in [0.717, 1.165) is 41.9 Å². The molecule has 2 aromatic carbocycles. The number of benzene rings is 2. The van der Waals surface area contributed by atoms with Crippen LogP contribution >= 0.6 is 0 Å². The van der Waals surface area contributed by atoms with Gasteiger partial charge < -0.3 is 15.2 Å². The lowest BCUT2D eigenvalue weighted by Crippen LogP contribution is -2.42. The van der Waals surface area contributed by atoms with Crippen molar-refractivity contribution in [1.29, 1.82) is 0 Å². The van der Waals surface area contributed by atoms with Crippen LogP contribution in [-0.4, -0.2) is 23.2 Å². The fraction of sp³-hybridized carbons (Fsp3) is 0.350. The maximum atomic E-state index is 13.1. The summed E-state index contributed by atoms with van der Waals surface area (Å²) in [4.78, 5) is 13.1. The summed E-state index contributed by atoms with van der Waals surface area (Å²) in [5.74, 6) is 1.09.